The Morgan fingerprint density at radius 1 is 1.29 bits per heavy atom. The molecule has 0 heterocycles. The first-order chi connectivity index (χ1) is 8.10. The molecule has 0 saturated heterocycles. The number of rotatable bonds is 6. The van der Waals surface area contributed by atoms with Gasteiger partial charge in [-0.2, -0.15) is 0 Å². The van der Waals surface area contributed by atoms with Crippen LogP contribution in [-0.2, 0) is 4.79 Å². The summed E-state index contributed by atoms with van der Waals surface area (Å²) in [6.07, 6.45) is 0. The summed E-state index contributed by atoms with van der Waals surface area (Å²) in [7, 11) is 3.02. The molecule has 0 radical (unpaired) electrons. The Morgan fingerprint density at radius 3 is 2.24 bits per heavy atom. The average molecular weight is 240 g/mol. The number of carbonyl (C=O) groups excluding carboxylic acids is 1. The number of primary amides is 1. The number of carbonyl (C=O) groups is 1. The molecule has 0 aliphatic rings. The SMILES string of the molecule is COc1cccc(OC)c1OCC(N)C(N)=O. The van der Waals surface area contributed by atoms with Crippen molar-refractivity contribution in [3.05, 3.63) is 18.2 Å². The molecule has 6 heteroatoms. The van der Waals surface area contributed by atoms with E-state index < -0.39 is 11.9 Å². The Bertz CT molecular complexity index is 373. The largest absolute Gasteiger partial charge is 0.493 e. The number of hydrogen-bond acceptors (Lipinski definition) is 5. The highest BCUT2D eigenvalue weighted by molar-refractivity contribution is 5.79. The standard InChI is InChI=1S/C11H16N2O4/c1-15-8-4-3-5-9(16-2)10(8)17-6-7(12)11(13)14/h3-5,7H,6,12H2,1-2H3,(H2,13,14). The maximum absolute atomic E-state index is 10.8. The third kappa shape index (κ3) is 3.25. The van der Waals surface area contributed by atoms with Gasteiger partial charge in [0.2, 0.25) is 11.7 Å². The second-order valence-electron chi connectivity index (χ2n) is 3.31. The molecule has 0 saturated carbocycles. The van der Waals surface area contributed by atoms with Crippen LogP contribution in [-0.4, -0.2) is 32.8 Å². The van der Waals surface area contributed by atoms with Crippen molar-refractivity contribution < 1.29 is 19.0 Å². The smallest absolute Gasteiger partial charge is 0.237 e. The zero-order valence-electron chi connectivity index (χ0n) is 9.80. The molecule has 0 bridgehead atoms. The van der Waals surface area contributed by atoms with Gasteiger partial charge in [-0.05, 0) is 12.1 Å². The fourth-order valence-electron chi connectivity index (χ4n) is 1.21. The van der Waals surface area contributed by atoms with Crippen molar-refractivity contribution in [2.24, 2.45) is 11.5 Å². The summed E-state index contributed by atoms with van der Waals surface area (Å²) >= 11 is 0. The highest BCUT2D eigenvalue weighted by Gasteiger charge is 2.15. The normalized spacial score (nSPS) is 11.7. The Morgan fingerprint density at radius 2 is 1.82 bits per heavy atom. The Labute approximate surface area is 99.4 Å². The molecule has 0 fully saturated rings. The van der Waals surface area contributed by atoms with Crippen LogP contribution >= 0.6 is 0 Å². The molecule has 94 valence electrons. The summed E-state index contributed by atoms with van der Waals surface area (Å²) < 4.78 is 15.6. The van der Waals surface area contributed by atoms with Crippen LogP contribution in [0.5, 0.6) is 17.2 Å². The van der Waals surface area contributed by atoms with Gasteiger partial charge < -0.3 is 25.7 Å². The van der Waals surface area contributed by atoms with E-state index in [4.69, 9.17) is 25.7 Å². The highest BCUT2D eigenvalue weighted by atomic mass is 16.5. The molecule has 0 aliphatic heterocycles. The van der Waals surface area contributed by atoms with Crippen LogP contribution in [0.3, 0.4) is 0 Å². The lowest BCUT2D eigenvalue weighted by molar-refractivity contribution is -0.119. The maximum atomic E-state index is 10.8. The lowest BCUT2D eigenvalue weighted by Crippen LogP contribution is -2.41. The quantitative estimate of drug-likeness (QED) is 0.723. The minimum atomic E-state index is -0.871. The molecule has 0 aromatic heterocycles. The number of amides is 1. The number of methoxy groups -OCH3 is 2. The Kier molecular flexibility index (Phi) is 4.59. The van der Waals surface area contributed by atoms with Crippen LogP contribution < -0.4 is 25.7 Å². The zero-order chi connectivity index (χ0) is 12.8. The summed E-state index contributed by atoms with van der Waals surface area (Å²) in [4.78, 5) is 10.8. The predicted octanol–water partition coefficient (Wildman–Crippen LogP) is -0.105. The monoisotopic (exact) mass is 240 g/mol. The van der Waals surface area contributed by atoms with Crippen molar-refractivity contribution in [2.75, 3.05) is 20.8 Å². The third-order valence-corrected chi connectivity index (χ3v) is 2.16. The van der Waals surface area contributed by atoms with Gasteiger partial charge in [0.15, 0.2) is 11.5 Å². The van der Waals surface area contributed by atoms with E-state index in [0.29, 0.717) is 17.2 Å². The van der Waals surface area contributed by atoms with E-state index in [0.717, 1.165) is 0 Å². The van der Waals surface area contributed by atoms with E-state index >= 15 is 0 Å². The van der Waals surface area contributed by atoms with Crippen molar-refractivity contribution in [1.82, 2.24) is 0 Å². The summed E-state index contributed by atoms with van der Waals surface area (Å²) in [6, 6.07) is 4.32. The van der Waals surface area contributed by atoms with E-state index in [1.165, 1.54) is 14.2 Å². The van der Waals surface area contributed by atoms with Gasteiger partial charge >= 0.3 is 0 Å². The van der Waals surface area contributed by atoms with Crippen molar-refractivity contribution in [3.8, 4) is 17.2 Å². The van der Waals surface area contributed by atoms with E-state index in [-0.39, 0.29) is 6.61 Å². The Hall–Kier alpha value is -1.95. The van der Waals surface area contributed by atoms with Crippen LogP contribution in [0.25, 0.3) is 0 Å². The number of para-hydroxylation sites is 1. The van der Waals surface area contributed by atoms with Gasteiger partial charge in [0, 0.05) is 0 Å². The van der Waals surface area contributed by atoms with Gasteiger partial charge in [-0.15, -0.1) is 0 Å². The van der Waals surface area contributed by atoms with Gasteiger partial charge in [0.1, 0.15) is 12.6 Å². The number of ether oxygens (including phenoxy) is 3. The summed E-state index contributed by atoms with van der Waals surface area (Å²) in [5.74, 6) is 0.773. The minimum absolute atomic E-state index is 0.0356. The van der Waals surface area contributed by atoms with Gasteiger partial charge in [0.25, 0.3) is 0 Å². The topological polar surface area (TPSA) is 96.8 Å². The molecule has 1 aromatic carbocycles. The van der Waals surface area contributed by atoms with Crippen molar-refractivity contribution in [2.45, 2.75) is 6.04 Å². The second-order valence-corrected chi connectivity index (χ2v) is 3.31. The van der Waals surface area contributed by atoms with Crippen LogP contribution in [0.15, 0.2) is 18.2 Å². The molecule has 17 heavy (non-hydrogen) atoms. The zero-order valence-corrected chi connectivity index (χ0v) is 9.80. The molecule has 1 unspecified atom stereocenters. The fourth-order valence-corrected chi connectivity index (χ4v) is 1.21. The summed E-state index contributed by atoms with van der Waals surface area (Å²) in [6.45, 7) is -0.0356. The lowest BCUT2D eigenvalue weighted by Gasteiger charge is -2.15. The molecule has 0 spiro atoms. The van der Waals surface area contributed by atoms with E-state index in [1.807, 2.05) is 0 Å². The molecule has 1 rings (SSSR count). The molecule has 0 aliphatic carbocycles. The molecular formula is C11H16N2O4. The molecule has 1 amide bonds. The van der Waals surface area contributed by atoms with E-state index in [1.54, 1.807) is 18.2 Å². The fraction of sp³-hybridized carbons (Fsp3) is 0.364. The summed E-state index contributed by atoms with van der Waals surface area (Å²) in [5, 5.41) is 0. The highest BCUT2D eigenvalue weighted by Crippen LogP contribution is 2.36. The van der Waals surface area contributed by atoms with Crippen LogP contribution in [0, 0.1) is 0 Å². The maximum Gasteiger partial charge on any atom is 0.237 e. The number of nitrogens with two attached hydrogens (primary N) is 2. The summed E-state index contributed by atoms with van der Waals surface area (Å²) in [5.41, 5.74) is 10.5. The van der Waals surface area contributed by atoms with Crippen LogP contribution in [0.4, 0.5) is 0 Å². The first-order valence-electron chi connectivity index (χ1n) is 4.98. The third-order valence-electron chi connectivity index (χ3n) is 2.16. The first-order valence-corrected chi connectivity index (χ1v) is 4.98. The van der Waals surface area contributed by atoms with Gasteiger partial charge in [-0.3, -0.25) is 4.79 Å². The van der Waals surface area contributed by atoms with Crippen molar-refractivity contribution in [3.63, 3.8) is 0 Å². The molecule has 1 aromatic rings. The first kappa shape index (κ1) is 13.1. The Balaban J connectivity index is 2.84. The van der Waals surface area contributed by atoms with E-state index in [2.05, 4.69) is 0 Å². The number of benzene rings is 1. The molecular weight excluding hydrogens is 224 g/mol. The van der Waals surface area contributed by atoms with Crippen molar-refractivity contribution in [1.29, 1.82) is 0 Å². The molecule has 1 atom stereocenters. The van der Waals surface area contributed by atoms with Gasteiger partial charge in [0.05, 0.1) is 14.2 Å². The molecule has 4 N–H and O–H groups in total. The predicted molar refractivity (Wildman–Crippen MR) is 62.2 cm³/mol. The van der Waals surface area contributed by atoms with E-state index in [9.17, 15) is 4.79 Å². The van der Waals surface area contributed by atoms with Crippen molar-refractivity contribution >= 4 is 5.91 Å². The minimum Gasteiger partial charge on any atom is -0.493 e. The van der Waals surface area contributed by atoms with Crippen LogP contribution in [0.1, 0.15) is 0 Å². The lowest BCUT2D eigenvalue weighted by atomic mass is 10.3. The number of hydrogen-bond donors (Lipinski definition) is 2. The van der Waals surface area contributed by atoms with Crippen LogP contribution in [0.2, 0.25) is 0 Å². The second kappa shape index (κ2) is 5.95. The molecule has 6 nitrogen and oxygen atoms in total. The van der Waals surface area contributed by atoms with Gasteiger partial charge in [-0.1, -0.05) is 6.07 Å². The average Bonchev–Trinajstić information content (AvgIpc) is 2.34. The van der Waals surface area contributed by atoms with Gasteiger partial charge in [-0.25, -0.2) is 0 Å².